The smallest absolute Gasteiger partial charge is 0.337 e. The molecule has 0 bridgehead atoms. The molecule has 2 amide bonds. The number of nitrogens with two attached hydrogens (primary N) is 1. The second-order valence-corrected chi connectivity index (χ2v) is 5.46. The van der Waals surface area contributed by atoms with Crippen LogP contribution in [0.15, 0.2) is 18.2 Å². The quantitative estimate of drug-likeness (QED) is 0.654. The second kappa shape index (κ2) is 6.36. The average Bonchev–Trinajstić information content (AvgIpc) is 2.27. The zero-order valence-corrected chi connectivity index (χ0v) is 12.2. The molecule has 0 aromatic heterocycles. The Morgan fingerprint density at radius 3 is 2.33 bits per heavy atom. The van der Waals surface area contributed by atoms with E-state index in [4.69, 9.17) is 5.73 Å². The molecule has 5 N–H and O–H groups in total. The van der Waals surface area contributed by atoms with E-state index in [2.05, 4.69) is 10.6 Å². The lowest BCUT2D eigenvalue weighted by Crippen LogP contribution is -2.36. The predicted molar refractivity (Wildman–Crippen MR) is 79.2 cm³/mol. The summed E-state index contributed by atoms with van der Waals surface area (Å²) in [4.78, 5) is 34.0. The van der Waals surface area contributed by atoms with Gasteiger partial charge < -0.3 is 21.5 Å². The van der Waals surface area contributed by atoms with E-state index >= 15 is 0 Å². The van der Waals surface area contributed by atoms with Crippen molar-refractivity contribution in [3.05, 3.63) is 23.8 Å². The van der Waals surface area contributed by atoms with Gasteiger partial charge in [0.05, 0.1) is 11.3 Å². The minimum atomic E-state index is -1.20. The molecule has 0 spiro atoms. The fourth-order valence-corrected chi connectivity index (χ4v) is 1.72. The Bertz CT molecular complexity index is 576. The number of hydrogen-bond donors (Lipinski definition) is 4. The molecule has 0 radical (unpaired) electrons. The summed E-state index contributed by atoms with van der Waals surface area (Å²) in [5.41, 5.74) is 5.45. The Morgan fingerprint density at radius 1 is 1.24 bits per heavy atom. The van der Waals surface area contributed by atoms with Crippen LogP contribution in [0, 0.1) is 0 Å². The van der Waals surface area contributed by atoms with Crippen molar-refractivity contribution in [2.24, 2.45) is 5.73 Å². The number of rotatable bonds is 5. The zero-order chi connectivity index (χ0) is 16.2. The molecule has 0 atom stereocenters. The van der Waals surface area contributed by atoms with Gasteiger partial charge in [-0.2, -0.15) is 0 Å². The van der Waals surface area contributed by atoms with E-state index in [9.17, 15) is 19.5 Å². The summed E-state index contributed by atoms with van der Waals surface area (Å²) in [5, 5.41) is 14.2. The molecule has 1 aromatic carbocycles. The van der Waals surface area contributed by atoms with Gasteiger partial charge in [0.1, 0.15) is 0 Å². The van der Waals surface area contributed by atoms with Crippen molar-refractivity contribution in [3.63, 3.8) is 0 Å². The molecule has 0 aliphatic rings. The van der Waals surface area contributed by atoms with Crippen LogP contribution in [0.25, 0.3) is 0 Å². The Balaban J connectivity index is 2.99. The summed E-state index contributed by atoms with van der Waals surface area (Å²) in [5.74, 6) is -1.89. The number of amides is 2. The number of anilines is 2. The van der Waals surface area contributed by atoms with Gasteiger partial charge in [-0.25, -0.2) is 4.79 Å². The van der Waals surface area contributed by atoms with Gasteiger partial charge in [0, 0.05) is 24.6 Å². The van der Waals surface area contributed by atoms with Gasteiger partial charge in [-0.3, -0.25) is 9.59 Å². The zero-order valence-electron chi connectivity index (χ0n) is 12.2. The Kier molecular flexibility index (Phi) is 5.04. The summed E-state index contributed by atoms with van der Waals surface area (Å²) in [6.07, 6.45) is 0.0551. The summed E-state index contributed by atoms with van der Waals surface area (Å²) < 4.78 is 0. The number of benzene rings is 1. The normalized spacial score (nSPS) is 10.9. The van der Waals surface area contributed by atoms with E-state index in [1.807, 2.05) is 0 Å². The third-order valence-electron chi connectivity index (χ3n) is 2.46. The maximum Gasteiger partial charge on any atom is 0.337 e. The maximum absolute atomic E-state index is 11.8. The van der Waals surface area contributed by atoms with Crippen LogP contribution in [0.2, 0.25) is 0 Å². The summed E-state index contributed by atoms with van der Waals surface area (Å²) >= 11 is 0. The highest BCUT2D eigenvalue weighted by molar-refractivity contribution is 6.02. The first-order chi connectivity index (χ1) is 9.58. The molecule has 0 fully saturated rings. The Hall–Kier alpha value is -2.41. The lowest BCUT2D eigenvalue weighted by molar-refractivity contribution is -0.117. The number of carbonyl (C=O) groups excluding carboxylic acids is 2. The Morgan fingerprint density at radius 2 is 1.86 bits per heavy atom. The third kappa shape index (κ3) is 5.62. The highest BCUT2D eigenvalue weighted by atomic mass is 16.4. The van der Waals surface area contributed by atoms with E-state index in [1.165, 1.54) is 25.1 Å². The molecule has 7 heteroatoms. The molecule has 7 nitrogen and oxygen atoms in total. The van der Waals surface area contributed by atoms with Gasteiger partial charge in [-0.15, -0.1) is 0 Å². The monoisotopic (exact) mass is 293 g/mol. The van der Waals surface area contributed by atoms with Gasteiger partial charge in [0.25, 0.3) is 0 Å². The topological polar surface area (TPSA) is 122 Å². The largest absolute Gasteiger partial charge is 0.478 e. The molecular formula is C14H19N3O4. The van der Waals surface area contributed by atoms with Gasteiger partial charge in [-0.1, -0.05) is 0 Å². The number of hydrogen-bond acceptors (Lipinski definition) is 4. The number of nitrogens with one attached hydrogen (secondary N) is 2. The number of aromatic carboxylic acids is 1. The van der Waals surface area contributed by atoms with Crippen molar-refractivity contribution < 1.29 is 19.5 Å². The highest BCUT2D eigenvalue weighted by Crippen LogP contribution is 2.21. The van der Waals surface area contributed by atoms with Crippen LogP contribution >= 0.6 is 0 Å². The van der Waals surface area contributed by atoms with Crippen LogP contribution in [-0.2, 0) is 9.59 Å². The van der Waals surface area contributed by atoms with Crippen LogP contribution < -0.4 is 16.4 Å². The fraction of sp³-hybridized carbons (Fsp3) is 0.357. The number of carboxylic acids is 1. The fourth-order valence-electron chi connectivity index (χ4n) is 1.72. The van der Waals surface area contributed by atoms with E-state index < -0.39 is 11.5 Å². The molecular weight excluding hydrogens is 274 g/mol. The minimum absolute atomic E-state index is 0.0551. The van der Waals surface area contributed by atoms with Crippen molar-refractivity contribution in [1.29, 1.82) is 0 Å². The maximum atomic E-state index is 11.8. The molecule has 0 heterocycles. The molecule has 0 saturated heterocycles. The highest BCUT2D eigenvalue weighted by Gasteiger charge is 2.19. The molecule has 21 heavy (non-hydrogen) atoms. The van der Waals surface area contributed by atoms with Gasteiger partial charge in [0.2, 0.25) is 11.8 Å². The van der Waals surface area contributed by atoms with Gasteiger partial charge in [-0.05, 0) is 32.0 Å². The second-order valence-electron chi connectivity index (χ2n) is 5.46. The first-order valence-electron chi connectivity index (χ1n) is 6.32. The van der Waals surface area contributed by atoms with Gasteiger partial charge >= 0.3 is 5.97 Å². The molecule has 0 aliphatic carbocycles. The SMILES string of the molecule is CC(=O)Nc1ccc(NC(=O)CC(C)(C)N)c(C(=O)O)c1. The summed E-state index contributed by atoms with van der Waals surface area (Å²) in [6.45, 7) is 4.72. The molecule has 1 rings (SSSR count). The van der Waals surface area contributed by atoms with E-state index in [0.717, 1.165) is 0 Å². The van der Waals surface area contributed by atoms with Crippen LogP contribution in [0.1, 0.15) is 37.6 Å². The van der Waals surface area contributed by atoms with Crippen molar-refractivity contribution in [1.82, 2.24) is 0 Å². The number of carbonyl (C=O) groups is 3. The third-order valence-corrected chi connectivity index (χ3v) is 2.46. The predicted octanol–water partition coefficient (Wildman–Crippen LogP) is 1.41. The van der Waals surface area contributed by atoms with Crippen LogP contribution in [0.3, 0.4) is 0 Å². The van der Waals surface area contributed by atoms with Crippen LogP contribution in [0.4, 0.5) is 11.4 Å². The first-order valence-corrected chi connectivity index (χ1v) is 6.32. The molecule has 0 saturated carbocycles. The van der Waals surface area contributed by atoms with E-state index in [1.54, 1.807) is 13.8 Å². The standard InChI is InChI=1S/C14H19N3O4/c1-8(18)16-9-4-5-11(10(6-9)13(20)21)17-12(19)7-14(2,3)15/h4-6H,7,15H2,1-3H3,(H,16,18)(H,17,19)(H,20,21). The molecule has 0 unspecified atom stereocenters. The van der Waals surface area contributed by atoms with Crippen molar-refractivity contribution >= 4 is 29.2 Å². The van der Waals surface area contributed by atoms with Crippen molar-refractivity contribution in [2.45, 2.75) is 32.7 Å². The van der Waals surface area contributed by atoms with Crippen molar-refractivity contribution in [3.8, 4) is 0 Å². The molecule has 1 aromatic rings. The minimum Gasteiger partial charge on any atom is -0.478 e. The lowest BCUT2D eigenvalue weighted by atomic mass is 10.0. The van der Waals surface area contributed by atoms with Crippen LogP contribution in [-0.4, -0.2) is 28.4 Å². The number of carboxylic acid groups (broad SMARTS) is 1. The van der Waals surface area contributed by atoms with Crippen LogP contribution in [0.5, 0.6) is 0 Å². The van der Waals surface area contributed by atoms with Crippen molar-refractivity contribution in [2.75, 3.05) is 10.6 Å². The molecule has 114 valence electrons. The lowest BCUT2D eigenvalue weighted by Gasteiger charge is -2.18. The summed E-state index contributed by atoms with van der Waals surface area (Å²) in [7, 11) is 0. The van der Waals surface area contributed by atoms with E-state index in [-0.39, 0.29) is 29.5 Å². The average molecular weight is 293 g/mol. The Labute approximate surface area is 122 Å². The van der Waals surface area contributed by atoms with E-state index in [0.29, 0.717) is 5.69 Å². The summed E-state index contributed by atoms with van der Waals surface area (Å²) in [6, 6.07) is 4.22. The molecule has 0 aliphatic heterocycles. The van der Waals surface area contributed by atoms with Gasteiger partial charge in [0.15, 0.2) is 0 Å². The first kappa shape index (κ1) is 16.6.